The lowest BCUT2D eigenvalue weighted by molar-refractivity contribution is 0.213. The number of ether oxygens (including phenoxy) is 1. The average Bonchev–Trinajstić information content (AvgIpc) is 3.11. The Morgan fingerprint density at radius 2 is 2.14 bits per heavy atom. The van der Waals surface area contributed by atoms with Crippen molar-refractivity contribution < 1.29 is 13.2 Å². The summed E-state index contributed by atoms with van der Waals surface area (Å²) in [4.78, 5) is 4.17. The first-order valence-corrected chi connectivity index (χ1v) is 8.49. The third kappa shape index (κ3) is 2.71. The van der Waals surface area contributed by atoms with E-state index in [4.69, 9.17) is 4.74 Å². The maximum atomic E-state index is 12.6. The van der Waals surface area contributed by atoms with Crippen LogP contribution in [0.1, 0.15) is 12.1 Å². The lowest BCUT2D eigenvalue weighted by Gasteiger charge is -2.17. The zero-order chi connectivity index (χ0) is 15.7. The van der Waals surface area contributed by atoms with Crippen molar-refractivity contribution in [2.75, 3.05) is 13.1 Å². The first-order valence-electron chi connectivity index (χ1n) is 7.05. The van der Waals surface area contributed by atoms with Crippen LogP contribution in [0.25, 0.3) is 0 Å². The van der Waals surface area contributed by atoms with Crippen molar-refractivity contribution in [3.8, 4) is 5.75 Å². The van der Waals surface area contributed by atoms with E-state index in [-0.39, 0.29) is 11.1 Å². The second kappa shape index (κ2) is 5.69. The van der Waals surface area contributed by atoms with Crippen LogP contribution >= 0.6 is 0 Å². The number of aryl methyl sites for hydroxylation is 2. The molecule has 0 bridgehead atoms. The van der Waals surface area contributed by atoms with Gasteiger partial charge in [-0.25, -0.2) is 8.42 Å². The Morgan fingerprint density at radius 3 is 2.82 bits per heavy atom. The molecule has 7 nitrogen and oxygen atoms in total. The molecule has 3 rings (SSSR count). The molecule has 0 radical (unpaired) electrons. The van der Waals surface area contributed by atoms with Crippen LogP contribution in [-0.2, 0) is 17.1 Å². The highest BCUT2D eigenvalue weighted by molar-refractivity contribution is 7.89. The first kappa shape index (κ1) is 15.0. The maximum absolute atomic E-state index is 12.6. The molecule has 0 saturated carbocycles. The minimum absolute atomic E-state index is 0.161. The Morgan fingerprint density at radius 1 is 1.32 bits per heavy atom. The van der Waals surface area contributed by atoms with Gasteiger partial charge in [0.2, 0.25) is 0 Å². The predicted octanol–water partition coefficient (Wildman–Crippen LogP) is 0.966. The van der Waals surface area contributed by atoms with Crippen molar-refractivity contribution in [3.05, 3.63) is 36.3 Å². The van der Waals surface area contributed by atoms with Gasteiger partial charge in [-0.3, -0.25) is 9.67 Å². The fraction of sp³-hybridized carbons (Fsp3) is 0.429. The third-order valence-electron chi connectivity index (χ3n) is 3.74. The Balaban J connectivity index is 1.73. The molecule has 1 aliphatic heterocycles. The molecule has 0 N–H and O–H groups in total. The van der Waals surface area contributed by atoms with Crippen molar-refractivity contribution in [2.45, 2.75) is 24.5 Å². The van der Waals surface area contributed by atoms with Gasteiger partial charge < -0.3 is 4.74 Å². The molecule has 1 saturated heterocycles. The number of hydrogen-bond acceptors (Lipinski definition) is 5. The molecule has 3 heterocycles. The maximum Gasteiger partial charge on any atom is 0.260 e. The van der Waals surface area contributed by atoms with Crippen LogP contribution < -0.4 is 4.74 Å². The molecule has 2 aromatic rings. The van der Waals surface area contributed by atoms with Gasteiger partial charge in [-0.1, -0.05) is 0 Å². The highest BCUT2D eigenvalue weighted by Gasteiger charge is 2.35. The van der Waals surface area contributed by atoms with Gasteiger partial charge in [-0.15, -0.1) is 0 Å². The van der Waals surface area contributed by atoms with Crippen molar-refractivity contribution in [2.24, 2.45) is 7.05 Å². The normalized spacial score (nSPS) is 19.5. The predicted molar refractivity (Wildman–Crippen MR) is 80.0 cm³/mol. The summed E-state index contributed by atoms with van der Waals surface area (Å²) in [6.07, 6.45) is 3.68. The summed E-state index contributed by atoms with van der Waals surface area (Å²) in [6, 6.07) is 5.16. The molecule has 0 unspecified atom stereocenters. The van der Waals surface area contributed by atoms with Gasteiger partial charge in [0.05, 0.1) is 18.4 Å². The fourth-order valence-electron chi connectivity index (χ4n) is 2.53. The largest absolute Gasteiger partial charge is 0.487 e. The Labute approximate surface area is 129 Å². The van der Waals surface area contributed by atoms with Crippen molar-refractivity contribution in [1.29, 1.82) is 0 Å². The van der Waals surface area contributed by atoms with Gasteiger partial charge in [0, 0.05) is 19.8 Å². The van der Waals surface area contributed by atoms with Gasteiger partial charge in [0.1, 0.15) is 11.9 Å². The Hall–Kier alpha value is -1.93. The number of nitrogens with zero attached hydrogens (tertiary/aromatic N) is 4. The van der Waals surface area contributed by atoms with E-state index in [0.29, 0.717) is 25.3 Å². The van der Waals surface area contributed by atoms with Crippen LogP contribution in [0.15, 0.2) is 35.6 Å². The van der Waals surface area contributed by atoms with Crippen LogP contribution in [0, 0.1) is 6.92 Å². The topological polar surface area (TPSA) is 77.3 Å². The van der Waals surface area contributed by atoms with Crippen LogP contribution in [-0.4, -0.2) is 46.7 Å². The summed E-state index contributed by atoms with van der Waals surface area (Å²) in [7, 11) is -1.90. The SMILES string of the molecule is Cc1ncccc1O[C@@H]1CCN(S(=O)(=O)c2ccnn2C)C1. The van der Waals surface area contributed by atoms with E-state index in [0.717, 1.165) is 5.69 Å². The minimum atomic E-state index is -3.52. The summed E-state index contributed by atoms with van der Waals surface area (Å²) < 4.78 is 33.9. The number of aromatic nitrogens is 3. The first-order chi connectivity index (χ1) is 10.5. The van der Waals surface area contributed by atoms with E-state index >= 15 is 0 Å². The van der Waals surface area contributed by atoms with Gasteiger partial charge in [0.25, 0.3) is 10.0 Å². The molecule has 22 heavy (non-hydrogen) atoms. The van der Waals surface area contributed by atoms with E-state index in [2.05, 4.69) is 10.1 Å². The molecule has 0 aromatic carbocycles. The summed E-state index contributed by atoms with van der Waals surface area (Å²) in [5, 5.41) is 4.12. The van der Waals surface area contributed by atoms with E-state index in [1.54, 1.807) is 19.3 Å². The quantitative estimate of drug-likeness (QED) is 0.838. The van der Waals surface area contributed by atoms with E-state index in [9.17, 15) is 8.42 Å². The lowest BCUT2D eigenvalue weighted by Crippen LogP contribution is -2.32. The molecule has 2 aromatic heterocycles. The number of pyridine rings is 1. The highest BCUT2D eigenvalue weighted by Crippen LogP contribution is 2.24. The molecular formula is C14H18N4O3S. The van der Waals surface area contributed by atoms with Crippen LogP contribution in [0.4, 0.5) is 0 Å². The third-order valence-corrected chi connectivity index (χ3v) is 5.68. The Kier molecular flexibility index (Phi) is 3.88. The molecule has 1 fully saturated rings. The zero-order valence-electron chi connectivity index (χ0n) is 12.5. The monoisotopic (exact) mass is 322 g/mol. The van der Waals surface area contributed by atoms with Crippen molar-refractivity contribution in [1.82, 2.24) is 19.1 Å². The standard InChI is InChI=1S/C14H18N4O3S/c1-11-13(4-3-7-15-11)21-12-6-9-18(10-12)22(19,20)14-5-8-16-17(14)2/h3-5,7-8,12H,6,9-10H2,1-2H3/t12-/m1/s1. The molecule has 0 spiro atoms. The molecule has 118 valence electrons. The van der Waals surface area contributed by atoms with E-state index < -0.39 is 10.0 Å². The molecule has 0 aliphatic carbocycles. The van der Waals surface area contributed by atoms with Gasteiger partial charge in [-0.2, -0.15) is 9.40 Å². The summed E-state index contributed by atoms with van der Waals surface area (Å²) in [5.41, 5.74) is 0.801. The zero-order valence-corrected chi connectivity index (χ0v) is 13.3. The molecular weight excluding hydrogens is 304 g/mol. The lowest BCUT2D eigenvalue weighted by atomic mass is 10.3. The number of sulfonamides is 1. The van der Waals surface area contributed by atoms with Crippen LogP contribution in [0.3, 0.4) is 0 Å². The highest BCUT2D eigenvalue weighted by atomic mass is 32.2. The molecule has 0 amide bonds. The average molecular weight is 322 g/mol. The van der Waals surface area contributed by atoms with Gasteiger partial charge in [-0.05, 0) is 31.5 Å². The summed E-state index contributed by atoms with van der Waals surface area (Å²) in [6.45, 7) is 2.65. The van der Waals surface area contributed by atoms with Gasteiger partial charge >= 0.3 is 0 Å². The number of rotatable bonds is 4. The fourth-order valence-corrected chi connectivity index (χ4v) is 4.12. The van der Waals surface area contributed by atoms with E-state index in [1.807, 2.05) is 13.0 Å². The molecule has 1 atom stereocenters. The smallest absolute Gasteiger partial charge is 0.260 e. The van der Waals surface area contributed by atoms with Crippen molar-refractivity contribution in [3.63, 3.8) is 0 Å². The summed E-state index contributed by atoms with van der Waals surface area (Å²) in [5.74, 6) is 0.701. The second-order valence-corrected chi connectivity index (χ2v) is 7.16. The van der Waals surface area contributed by atoms with Crippen molar-refractivity contribution >= 4 is 10.0 Å². The second-order valence-electron chi connectivity index (χ2n) is 5.27. The van der Waals surface area contributed by atoms with Gasteiger partial charge in [0.15, 0.2) is 5.03 Å². The van der Waals surface area contributed by atoms with Crippen LogP contribution in [0.2, 0.25) is 0 Å². The Bertz CT molecular complexity index is 772. The molecule has 1 aliphatic rings. The van der Waals surface area contributed by atoms with Crippen LogP contribution in [0.5, 0.6) is 5.75 Å². The summed E-state index contributed by atoms with van der Waals surface area (Å²) >= 11 is 0. The molecule has 8 heteroatoms. The van der Waals surface area contributed by atoms with E-state index in [1.165, 1.54) is 21.3 Å². The number of hydrogen-bond donors (Lipinski definition) is 0. The minimum Gasteiger partial charge on any atom is -0.487 e.